The number of primary amides is 1. The van der Waals surface area contributed by atoms with E-state index in [2.05, 4.69) is 20.2 Å². The summed E-state index contributed by atoms with van der Waals surface area (Å²) in [4.78, 5) is 47.1. The summed E-state index contributed by atoms with van der Waals surface area (Å²) in [5.41, 5.74) is 16.7. The lowest BCUT2D eigenvalue weighted by Gasteiger charge is -2.35. The van der Waals surface area contributed by atoms with Crippen LogP contribution in [0.1, 0.15) is 36.8 Å². The van der Waals surface area contributed by atoms with Crippen LogP contribution in [0.4, 0.5) is 5.69 Å². The lowest BCUT2D eigenvalue weighted by atomic mass is 9.81. The number of hydrogen-bond donors (Lipinski definition) is 4. The number of anilines is 1. The first kappa shape index (κ1) is 28.0. The third-order valence-corrected chi connectivity index (χ3v) is 8.01. The third kappa shape index (κ3) is 6.28. The van der Waals surface area contributed by atoms with Gasteiger partial charge in [-0.25, -0.2) is 9.89 Å². The van der Waals surface area contributed by atoms with Crippen LogP contribution in [0.15, 0.2) is 71.8 Å². The van der Waals surface area contributed by atoms with Crippen LogP contribution < -0.4 is 22.1 Å². The van der Waals surface area contributed by atoms with E-state index in [1.54, 1.807) is 35.4 Å². The van der Waals surface area contributed by atoms with E-state index in [9.17, 15) is 14.4 Å². The Kier molecular flexibility index (Phi) is 8.39. The fourth-order valence-electron chi connectivity index (χ4n) is 5.69. The number of aromatic nitrogens is 4. The van der Waals surface area contributed by atoms with Crippen LogP contribution in [-0.4, -0.2) is 44.6 Å². The zero-order valence-electron chi connectivity index (χ0n) is 23.0. The monoisotopic (exact) mass is 553 g/mol. The molecule has 0 bridgehead atoms. The molecule has 1 aliphatic carbocycles. The van der Waals surface area contributed by atoms with Crippen LogP contribution in [0.25, 0.3) is 22.5 Å². The van der Waals surface area contributed by atoms with Crippen molar-refractivity contribution in [3.63, 3.8) is 0 Å². The number of aromatic amines is 2. The van der Waals surface area contributed by atoms with Gasteiger partial charge in [-0.3, -0.25) is 24.5 Å². The second-order valence-electron chi connectivity index (χ2n) is 10.7. The minimum atomic E-state index is -0.903. The van der Waals surface area contributed by atoms with E-state index in [-0.39, 0.29) is 18.2 Å². The number of carbonyl (C=O) groups excluding carboxylic acids is 2. The number of aryl methyl sites for hydroxylation is 1. The summed E-state index contributed by atoms with van der Waals surface area (Å²) >= 11 is 0. The molecule has 4 aromatic rings. The summed E-state index contributed by atoms with van der Waals surface area (Å²) in [5.74, 6) is -0.136. The number of amides is 2. The number of nitrogens with one attached hydrogen (secondary N) is 2. The van der Waals surface area contributed by atoms with Gasteiger partial charge in [-0.1, -0.05) is 24.3 Å². The molecule has 10 heteroatoms. The molecule has 5 rings (SSSR count). The SMILES string of the molecule is Cc1cnccc1-c1cccc(C[C@@H](C(N)=O)N(C(=O)C2CCC(CN)CC2)c2ccc(-c3n[nH]c(=O)[nH]3)cc2)c1. The molecule has 2 aromatic carbocycles. The van der Waals surface area contributed by atoms with E-state index in [4.69, 9.17) is 11.5 Å². The summed E-state index contributed by atoms with van der Waals surface area (Å²) in [6, 6.07) is 16.0. The molecule has 41 heavy (non-hydrogen) atoms. The van der Waals surface area contributed by atoms with Crippen LogP contribution in [0.5, 0.6) is 0 Å². The van der Waals surface area contributed by atoms with Gasteiger partial charge < -0.3 is 11.5 Å². The smallest absolute Gasteiger partial charge is 0.340 e. The van der Waals surface area contributed by atoms with Crippen molar-refractivity contribution < 1.29 is 9.59 Å². The van der Waals surface area contributed by atoms with Gasteiger partial charge in [0.05, 0.1) is 0 Å². The Morgan fingerprint density at radius 2 is 1.80 bits per heavy atom. The molecule has 2 amide bonds. The van der Waals surface area contributed by atoms with Gasteiger partial charge in [0, 0.05) is 36.0 Å². The molecule has 1 atom stereocenters. The fraction of sp³-hybridized carbons (Fsp3) is 0.323. The van der Waals surface area contributed by atoms with Crippen molar-refractivity contribution in [2.75, 3.05) is 11.4 Å². The zero-order valence-corrected chi connectivity index (χ0v) is 23.0. The van der Waals surface area contributed by atoms with Crippen molar-refractivity contribution >= 4 is 17.5 Å². The minimum absolute atomic E-state index is 0.119. The molecule has 10 nitrogen and oxygen atoms in total. The van der Waals surface area contributed by atoms with Crippen molar-refractivity contribution in [1.29, 1.82) is 0 Å². The number of H-pyrrole nitrogens is 2. The highest BCUT2D eigenvalue weighted by atomic mass is 16.2. The van der Waals surface area contributed by atoms with Gasteiger partial charge in [0.25, 0.3) is 0 Å². The first-order valence-corrected chi connectivity index (χ1v) is 13.9. The molecule has 1 aliphatic rings. The van der Waals surface area contributed by atoms with E-state index in [1.165, 1.54) is 0 Å². The van der Waals surface area contributed by atoms with Gasteiger partial charge in [-0.2, -0.15) is 5.10 Å². The Morgan fingerprint density at radius 1 is 1.05 bits per heavy atom. The van der Waals surface area contributed by atoms with Crippen molar-refractivity contribution in [3.8, 4) is 22.5 Å². The number of hydrogen-bond acceptors (Lipinski definition) is 6. The molecule has 0 spiro atoms. The molecule has 1 fully saturated rings. The van der Waals surface area contributed by atoms with Crippen molar-refractivity contribution in [3.05, 3.63) is 88.6 Å². The quantitative estimate of drug-likeness (QED) is 0.248. The van der Waals surface area contributed by atoms with Gasteiger partial charge in [-0.05, 0) is 97.7 Å². The predicted molar refractivity (Wildman–Crippen MR) is 158 cm³/mol. The normalized spacial score (nSPS) is 17.6. The van der Waals surface area contributed by atoms with Crippen molar-refractivity contribution in [2.24, 2.45) is 23.3 Å². The van der Waals surface area contributed by atoms with E-state index >= 15 is 0 Å². The second kappa shape index (κ2) is 12.3. The Morgan fingerprint density at radius 3 is 2.44 bits per heavy atom. The number of nitrogens with zero attached hydrogens (tertiary/aromatic N) is 3. The van der Waals surface area contributed by atoms with Gasteiger partial charge in [-0.15, -0.1) is 0 Å². The molecular weight excluding hydrogens is 518 g/mol. The summed E-state index contributed by atoms with van der Waals surface area (Å²) in [5, 5.41) is 6.34. The first-order valence-electron chi connectivity index (χ1n) is 13.9. The fourth-order valence-corrected chi connectivity index (χ4v) is 5.69. The summed E-state index contributed by atoms with van der Waals surface area (Å²) < 4.78 is 0. The Hall–Kier alpha value is -4.57. The standard InChI is InChI=1S/C31H35N7O3/c1-19-18-34-14-13-26(19)24-4-2-3-21(15-24)16-27(28(33)39)38(30(40)23-7-5-20(17-32)6-8-23)25-11-9-22(10-12-25)29-35-31(41)37-36-29/h2-4,9-15,18,20,23,27H,5-8,16-17,32H2,1H3,(H2,33,39)(H2,35,36,37,41)/t20?,23?,27-/m0/s1. The molecule has 212 valence electrons. The average Bonchev–Trinajstić information content (AvgIpc) is 3.43. The number of pyridine rings is 1. The maximum atomic E-state index is 14.1. The second-order valence-corrected chi connectivity index (χ2v) is 10.7. The maximum absolute atomic E-state index is 14.1. The lowest BCUT2D eigenvalue weighted by Crippen LogP contribution is -2.52. The number of carbonyl (C=O) groups is 2. The van der Waals surface area contributed by atoms with Gasteiger partial charge in [0.2, 0.25) is 11.8 Å². The Labute approximate surface area is 238 Å². The Bertz CT molecular complexity index is 1570. The number of rotatable bonds is 9. The summed E-state index contributed by atoms with van der Waals surface area (Å²) in [7, 11) is 0. The summed E-state index contributed by atoms with van der Waals surface area (Å²) in [6.07, 6.45) is 7.00. The average molecular weight is 554 g/mol. The van der Waals surface area contributed by atoms with Crippen LogP contribution in [0, 0.1) is 18.8 Å². The van der Waals surface area contributed by atoms with Crippen LogP contribution in [-0.2, 0) is 16.0 Å². The molecule has 0 radical (unpaired) electrons. The van der Waals surface area contributed by atoms with E-state index in [0.29, 0.717) is 42.4 Å². The topological polar surface area (TPSA) is 164 Å². The molecular formula is C31H35N7O3. The largest absolute Gasteiger partial charge is 0.368 e. The lowest BCUT2D eigenvalue weighted by molar-refractivity contribution is -0.127. The maximum Gasteiger partial charge on any atom is 0.340 e. The summed E-state index contributed by atoms with van der Waals surface area (Å²) in [6.45, 7) is 2.61. The third-order valence-electron chi connectivity index (χ3n) is 8.01. The highest BCUT2D eigenvalue weighted by Crippen LogP contribution is 2.33. The Balaban J connectivity index is 1.49. The first-order chi connectivity index (χ1) is 19.8. The highest BCUT2D eigenvalue weighted by Gasteiger charge is 2.36. The van der Waals surface area contributed by atoms with Crippen LogP contribution in [0.2, 0.25) is 0 Å². The van der Waals surface area contributed by atoms with E-state index < -0.39 is 17.6 Å². The van der Waals surface area contributed by atoms with Crippen molar-refractivity contribution in [2.45, 2.75) is 45.1 Å². The van der Waals surface area contributed by atoms with E-state index in [0.717, 1.165) is 35.1 Å². The van der Waals surface area contributed by atoms with Gasteiger partial charge >= 0.3 is 5.69 Å². The predicted octanol–water partition coefficient (Wildman–Crippen LogP) is 3.33. The van der Waals surface area contributed by atoms with E-state index in [1.807, 2.05) is 43.5 Å². The molecule has 1 saturated carbocycles. The zero-order chi connectivity index (χ0) is 28.9. The van der Waals surface area contributed by atoms with Gasteiger partial charge in [0.1, 0.15) is 6.04 Å². The molecule has 0 unspecified atom stereocenters. The van der Waals surface area contributed by atoms with Gasteiger partial charge in [0.15, 0.2) is 5.82 Å². The minimum Gasteiger partial charge on any atom is -0.368 e. The number of nitrogens with two attached hydrogens (primary N) is 2. The van der Waals surface area contributed by atoms with Crippen LogP contribution >= 0.6 is 0 Å². The van der Waals surface area contributed by atoms with Crippen LogP contribution in [0.3, 0.4) is 0 Å². The molecule has 2 heterocycles. The molecule has 2 aromatic heterocycles. The molecule has 0 aliphatic heterocycles. The van der Waals surface area contributed by atoms with Crippen molar-refractivity contribution in [1.82, 2.24) is 20.2 Å². The molecule has 0 saturated heterocycles. The highest BCUT2D eigenvalue weighted by molar-refractivity contribution is 6.01. The molecule has 6 N–H and O–H groups in total. The number of benzene rings is 2.